The van der Waals surface area contributed by atoms with Crippen molar-refractivity contribution in [2.24, 2.45) is 11.8 Å². The average Bonchev–Trinajstić information content (AvgIpc) is 2.47. The van der Waals surface area contributed by atoms with Crippen molar-refractivity contribution < 1.29 is 9.90 Å². The number of phenolic OH excluding ortho intramolecular Hbond substituents is 1. The van der Waals surface area contributed by atoms with Gasteiger partial charge in [-0.15, -0.1) is 0 Å². The van der Waals surface area contributed by atoms with Crippen molar-refractivity contribution in [2.45, 2.75) is 46.2 Å². The Labute approximate surface area is 133 Å². The number of nitrogens with zero attached hydrogens (tertiary/aromatic N) is 1. The van der Waals surface area contributed by atoms with E-state index in [1.165, 1.54) is 0 Å². The number of carbonyl (C=O) groups is 1. The molecule has 1 saturated heterocycles. The first kappa shape index (κ1) is 16.8. The van der Waals surface area contributed by atoms with Gasteiger partial charge in [-0.1, -0.05) is 26.0 Å². The van der Waals surface area contributed by atoms with Gasteiger partial charge in [0.15, 0.2) is 0 Å². The van der Waals surface area contributed by atoms with Gasteiger partial charge in [-0.3, -0.25) is 9.69 Å². The van der Waals surface area contributed by atoms with Gasteiger partial charge in [0, 0.05) is 18.5 Å². The minimum atomic E-state index is 0.140. The molecule has 0 aromatic heterocycles. The third-order valence-corrected chi connectivity index (χ3v) is 4.65. The van der Waals surface area contributed by atoms with Crippen molar-refractivity contribution in [3.05, 3.63) is 29.8 Å². The Kier molecular flexibility index (Phi) is 5.83. The maximum atomic E-state index is 12.3. The van der Waals surface area contributed by atoms with Gasteiger partial charge in [-0.2, -0.15) is 0 Å². The van der Waals surface area contributed by atoms with Crippen LogP contribution in [0.3, 0.4) is 0 Å². The first-order chi connectivity index (χ1) is 10.5. The van der Waals surface area contributed by atoms with E-state index in [1.807, 2.05) is 18.2 Å². The number of hydrogen-bond donors (Lipinski definition) is 2. The molecule has 2 N–H and O–H groups in total. The number of aromatic hydroxyl groups is 1. The standard InChI is InChI=1S/C18H28N2O2/c1-13(2)14(3)19-18(22)16-7-9-20(10-8-16)12-15-5-4-6-17(21)11-15/h4-6,11,13-14,16,21H,7-10,12H2,1-3H3,(H,19,22)/t14-/m0/s1. The molecule has 1 aromatic rings. The summed E-state index contributed by atoms with van der Waals surface area (Å²) in [5, 5.41) is 12.6. The second-order valence-corrected chi connectivity index (χ2v) is 6.76. The first-order valence-corrected chi connectivity index (χ1v) is 8.26. The van der Waals surface area contributed by atoms with Crippen LogP contribution in [0.15, 0.2) is 24.3 Å². The Bertz CT molecular complexity index is 494. The van der Waals surface area contributed by atoms with Crippen molar-refractivity contribution in [1.82, 2.24) is 10.2 Å². The molecule has 1 aliphatic heterocycles. The molecule has 0 radical (unpaired) electrons. The molecular formula is C18H28N2O2. The highest BCUT2D eigenvalue weighted by atomic mass is 16.3. The Hall–Kier alpha value is -1.55. The fraction of sp³-hybridized carbons (Fsp3) is 0.611. The number of carbonyl (C=O) groups excluding carboxylic acids is 1. The topological polar surface area (TPSA) is 52.6 Å². The van der Waals surface area contributed by atoms with Crippen LogP contribution in [0.25, 0.3) is 0 Å². The molecule has 1 aliphatic rings. The van der Waals surface area contributed by atoms with Crippen molar-refractivity contribution in [1.29, 1.82) is 0 Å². The zero-order chi connectivity index (χ0) is 16.1. The third kappa shape index (κ3) is 4.73. The molecule has 22 heavy (non-hydrogen) atoms. The van der Waals surface area contributed by atoms with Gasteiger partial charge in [-0.25, -0.2) is 0 Å². The number of piperidine rings is 1. The predicted molar refractivity (Wildman–Crippen MR) is 88.6 cm³/mol. The summed E-state index contributed by atoms with van der Waals surface area (Å²) in [6, 6.07) is 7.64. The number of amides is 1. The van der Waals surface area contributed by atoms with Crippen LogP contribution in [0.5, 0.6) is 5.75 Å². The Morgan fingerprint density at radius 2 is 2.00 bits per heavy atom. The SMILES string of the molecule is CC(C)[C@H](C)NC(=O)C1CCN(Cc2cccc(O)c2)CC1. The quantitative estimate of drug-likeness (QED) is 0.879. The van der Waals surface area contributed by atoms with Crippen molar-refractivity contribution in [3.63, 3.8) is 0 Å². The Morgan fingerprint density at radius 1 is 1.32 bits per heavy atom. The fourth-order valence-electron chi connectivity index (χ4n) is 2.78. The van der Waals surface area contributed by atoms with Crippen LogP contribution in [-0.2, 0) is 11.3 Å². The van der Waals surface area contributed by atoms with E-state index in [2.05, 4.69) is 31.0 Å². The van der Waals surface area contributed by atoms with Crippen LogP contribution in [-0.4, -0.2) is 35.0 Å². The lowest BCUT2D eigenvalue weighted by Gasteiger charge is -2.32. The van der Waals surface area contributed by atoms with Gasteiger partial charge in [-0.05, 0) is 56.5 Å². The minimum absolute atomic E-state index is 0.140. The van der Waals surface area contributed by atoms with Crippen LogP contribution < -0.4 is 5.32 Å². The number of likely N-dealkylation sites (tertiary alicyclic amines) is 1. The van der Waals surface area contributed by atoms with Crippen LogP contribution in [0, 0.1) is 11.8 Å². The van der Waals surface area contributed by atoms with E-state index in [9.17, 15) is 9.90 Å². The summed E-state index contributed by atoms with van der Waals surface area (Å²) in [6.07, 6.45) is 1.82. The molecule has 0 bridgehead atoms. The minimum Gasteiger partial charge on any atom is -0.508 e. The number of phenols is 1. The summed E-state index contributed by atoms with van der Waals surface area (Å²) < 4.78 is 0. The van der Waals surface area contributed by atoms with E-state index >= 15 is 0 Å². The molecule has 1 aromatic carbocycles. The van der Waals surface area contributed by atoms with E-state index < -0.39 is 0 Å². The number of hydrogen-bond acceptors (Lipinski definition) is 3. The zero-order valence-corrected chi connectivity index (χ0v) is 13.9. The van der Waals surface area contributed by atoms with Crippen LogP contribution in [0.2, 0.25) is 0 Å². The van der Waals surface area contributed by atoms with E-state index in [0.29, 0.717) is 11.7 Å². The smallest absolute Gasteiger partial charge is 0.223 e. The summed E-state index contributed by atoms with van der Waals surface area (Å²) in [6.45, 7) is 9.03. The highest BCUT2D eigenvalue weighted by molar-refractivity contribution is 5.79. The molecule has 4 heteroatoms. The Balaban J connectivity index is 1.79. The molecule has 1 amide bonds. The largest absolute Gasteiger partial charge is 0.508 e. The molecule has 0 saturated carbocycles. The van der Waals surface area contributed by atoms with E-state index in [1.54, 1.807) is 6.07 Å². The fourth-order valence-corrected chi connectivity index (χ4v) is 2.78. The lowest BCUT2D eigenvalue weighted by molar-refractivity contribution is -0.127. The first-order valence-electron chi connectivity index (χ1n) is 8.26. The van der Waals surface area contributed by atoms with Crippen molar-refractivity contribution >= 4 is 5.91 Å². The molecule has 0 spiro atoms. The monoisotopic (exact) mass is 304 g/mol. The molecule has 122 valence electrons. The molecule has 0 aliphatic carbocycles. The second-order valence-electron chi connectivity index (χ2n) is 6.76. The maximum absolute atomic E-state index is 12.3. The van der Waals surface area contributed by atoms with E-state index in [0.717, 1.165) is 38.0 Å². The highest BCUT2D eigenvalue weighted by Crippen LogP contribution is 2.21. The van der Waals surface area contributed by atoms with Gasteiger partial charge < -0.3 is 10.4 Å². The summed E-state index contributed by atoms with van der Waals surface area (Å²) in [5.74, 6) is 1.13. The van der Waals surface area contributed by atoms with Gasteiger partial charge in [0.1, 0.15) is 5.75 Å². The van der Waals surface area contributed by atoms with Gasteiger partial charge in [0.25, 0.3) is 0 Å². The predicted octanol–water partition coefficient (Wildman–Crippen LogP) is 2.76. The molecule has 4 nitrogen and oxygen atoms in total. The maximum Gasteiger partial charge on any atom is 0.223 e. The highest BCUT2D eigenvalue weighted by Gasteiger charge is 2.26. The molecule has 1 fully saturated rings. The summed E-state index contributed by atoms with van der Waals surface area (Å²) in [7, 11) is 0. The lowest BCUT2D eigenvalue weighted by Crippen LogP contribution is -2.44. The van der Waals surface area contributed by atoms with Crippen molar-refractivity contribution in [3.8, 4) is 5.75 Å². The molecule has 0 unspecified atom stereocenters. The molecule has 2 rings (SSSR count). The van der Waals surface area contributed by atoms with Crippen molar-refractivity contribution in [2.75, 3.05) is 13.1 Å². The number of rotatable bonds is 5. The van der Waals surface area contributed by atoms with Gasteiger partial charge >= 0.3 is 0 Å². The van der Waals surface area contributed by atoms with Crippen LogP contribution in [0.1, 0.15) is 39.2 Å². The summed E-state index contributed by atoms with van der Waals surface area (Å²) in [4.78, 5) is 14.6. The van der Waals surface area contributed by atoms with E-state index in [-0.39, 0.29) is 17.9 Å². The molecule has 1 atom stereocenters. The van der Waals surface area contributed by atoms with Crippen LogP contribution in [0.4, 0.5) is 0 Å². The number of nitrogens with one attached hydrogen (secondary N) is 1. The Morgan fingerprint density at radius 3 is 2.59 bits per heavy atom. The summed E-state index contributed by atoms with van der Waals surface area (Å²) in [5.41, 5.74) is 1.12. The second kappa shape index (κ2) is 7.63. The van der Waals surface area contributed by atoms with E-state index in [4.69, 9.17) is 0 Å². The summed E-state index contributed by atoms with van der Waals surface area (Å²) >= 11 is 0. The third-order valence-electron chi connectivity index (χ3n) is 4.65. The van der Waals surface area contributed by atoms with Gasteiger partial charge in [0.2, 0.25) is 5.91 Å². The van der Waals surface area contributed by atoms with Crippen LogP contribution >= 0.6 is 0 Å². The normalized spacial score (nSPS) is 18.4. The molecular weight excluding hydrogens is 276 g/mol. The zero-order valence-electron chi connectivity index (χ0n) is 13.9. The number of benzene rings is 1. The average molecular weight is 304 g/mol. The van der Waals surface area contributed by atoms with Gasteiger partial charge in [0.05, 0.1) is 0 Å². The lowest BCUT2D eigenvalue weighted by atomic mass is 9.94. The molecule has 1 heterocycles.